The molecule has 1 fully saturated rings. The summed E-state index contributed by atoms with van der Waals surface area (Å²) in [5.74, 6) is 2.17. The number of methoxy groups -OCH3 is 2. The molecule has 0 aliphatic heterocycles. The van der Waals surface area contributed by atoms with Crippen LogP contribution in [0.4, 0.5) is 0 Å². The van der Waals surface area contributed by atoms with Gasteiger partial charge >= 0.3 is 0 Å². The van der Waals surface area contributed by atoms with Gasteiger partial charge in [0.1, 0.15) is 11.5 Å². The fourth-order valence-electron chi connectivity index (χ4n) is 5.05. The van der Waals surface area contributed by atoms with Crippen molar-refractivity contribution in [3.8, 4) is 11.5 Å². The first kappa shape index (κ1) is 27.6. The Morgan fingerprint density at radius 2 is 0.944 bits per heavy atom. The lowest BCUT2D eigenvalue weighted by molar-refractivity contribution is -0.131. The smallest absolute Gasteiger partial charge is 0.223 e. The highest BCUT2D eigenvalue weighted by atomic mass is 16.5. The summed E-state index contributed by atoms with van der Waals surface area (Å²) in [4.78, 5) is 26.3. The Morgan fingerprint density at radius 1 is 0.639 bits per heavy atom. The van der Waals surface area contributed by atoms with Crippen LogP contribution in [-0.2, 0) is 9.59 Å². The van der Waals surface area contributed by atoms with Crippen molar-refractivity contribution < 1.29 is 19.1 Å². The lowest BCUT2D eigenvalue weighted by Gasteiger charge is -2.31. The fraction of sp³-hybridized carbons (Fsp3) is 0.533. The average molecular weight is 495 g/mol. The van der Waals surface area contributed by atoms with Crippen molar-refractivity contribution in [3.05, 3.63) is 59.7 Å². The maximum atomic E-state index is 13.1. The molecule has 0 spiro atoms. The molecule has 2 atom stereocenters. The zero-order chi connectivity index (χ0) is 26.2. The molecule has 0 aromatic heterocycles. The minimum atomic E-state index is -0.0592. The highest BCUT2D eigenvalue weighted by Crippen LogP contribution is 2.32. The summed E-state index contributed by atoms with van der Waals surface area (Å²) in [6.07, 6.45) is 2.91. The minimum absolute atomic E-state index is 0.0549. The van der Waals surface area contributed by atoms with E-state index in [9.17, 15) is 9.59 Å². The zero-order valence-electron chi connectivity index (χ0n) is 22.5. The van der Waals surface area contributed by atoms with Crippen molar-refractivity contribution in [2.24, 2.45) is 23.7 Å². The van der Waals surface area contributed by atoms with Crippen LogP contribution in [0.1, 0.15) is 76.6 Å². The van der Waals surface area contributed by atoms with E-state index < -0.39 is 0 Å². The van der Waals surface area contributed by atoms with E-state index in [-0.39, 0.29) is 47.6 Å². The summed E-state index contributed by atoms with van der Waals surface area (Å²) in [5.41, 5.74) is 2.15. The van der Waals surface area contributed by atoms with Gasteiger partial charge in [-0.3, -0.25) is 9.59 Å². The summed E-state index contributed by atoms with van der Waals surface area (Å²) in [6, 6.07) is 15.7. The van der Waals surface area contributed by atoms with Gasteiger partial charge in [-0.1, -0.05) is 52.0 Å². The number of hydrogen-bond acceptors (Lipinski definition) is 4. The molecule has 1 saturated carbocycles. The molecular weight excluding hydrogens is 452 g/mol. The maximum absolute atomic E-state index is 13.1. The normalized spacial score (nSPS) is 19.4. The average Bonchev–Trinajstić information content (AvgIpc) is 2.90. The van der Waals surface area contributed by atoms with Crippen LogP contribution in [0.5, 0.6) is 11.5 Å². The number of nitrogens with one attached hydrogen (secondary N) is 2. The molecule has 36 heavy (non-hydrogen) atoms. The predicted molar refractivity (Wildman–Crippen MR) is 143 cm³/mol. The number of hydrogen-bond donors (Lipinski definition) is 2. The Balaban J connectivity index is 1.56. The Morgan fingerprint density at radius 3 is 1.19 bits per heavy atom. The third-order valence-electron chi connectivity index (χ3n) is 7.35. The number of rotatable bonds is 10. The molecule has 0 heterocycles. The van der Waals surface area contributed by atoms with E-state index in [4.69, 9.17) is 9.47 Å². The standard InChI is InChI=1S/C30H42N2O4/c1-19(2)27(21-11-15-25(35-5)16-12-21)31-29(33)23-7-9-24(10-8-23)30(34)32-28(20(3)4)22-13-17-26(36-6)18-14-22/h11-20,23-24,27-28H,7-10H2,1-6H3,(H,31,33)(H,32,34). The molecule has 0 radical (unpaired) electrons. The molecule has 6 nitrogen and oxygen atoms in total. The first-order valence-corrected chi connectivity index (χ1v) is 13.1. The van der Waals surface area contributed by atoms with E-state index in [1.54, 1.807) is 14.2 Å². The monoisotopic (exact) mass is 494 g/mol. The van der Waals surface area contributed by atoms with Crippen molar-refractivity contribution in [1.29, 1.82) is 0 Å². The maximum Gasteiger partial charge on any atom is 0.223 e. The van der Waals surface area contributed by atoms with E-state index in [2.05, 4.69) is 38.3 Å². The number of carbonyl (C=O) groups excluding carboxylic acids is 2. The van der Waals surface area contributed by atoms with Crippen LogP contribution in [0, 0.1) is 23.7 Å². The molecular formula is C30H42N2O4. The van der Waals surface area contributed by atoms with Gasteiger partial charge in [0.2, 0.25) is 11.8 Å². The number of amides is 2. The Kier molecular flexibility index (Phi) is 9.80. The van der Waals surface area contributed by atoms with Crippen molar-refractivity contribution in [1.82, 2.24) is 10.6 Å². The van der Waals surface area contributed by atoms with Crippen molar-refractivity contribution in [2.45, 2.75) is 65.5 Å². The van der Waals surface area contributed by atoms with Gasteiger partial charge in [-0.2, -0.15) is 0 Å². The van der Waals surface area contributed by atoms with E-state index >= 15 is 0 Å². The van der Waals surface area contributed by atoms with Gasteiger partial charge in [-0.15, -0.1) is 0 Å². The lowest BCUT2D eigenvalue weighted by atomic mass is 9.80. The van der Waals surface area contributed by atoms with Crippen molar-refractivity contribution in [2.75, 3.05) is 14.2 Å². The second kappa shape index (κ2) is 12.8. The van der Waals surface area contributed by atoms with Gasteiger partial charge in [0.25, 0.3) is 0 Å². The van der Waals surface area contributed by atoms with Crippen LogP contribution in [0.3, 0.4) is 0 Å². The van der Waals surface area contributed by atoms with Gasteiger partial charge in [-0.25, -0.2) is 0 Å². The Hall–Kier alpha value is -3.02. The minimum Gasteiger partial charge on any atom is -0.497 e. The zero-order valence-corrected chi connectivity index (χ0v) is 22.5. The summed E-state index contributed by atoms with van der Waals surface area (Å²) < 4.78 is 10.5. The van der Waals surface area contributed by atoms with Gasteiger partial charge in [0.05, 0.1) is 26.3 Å². The largest absolute Gasteiger partial charge is 0.497 e. The first-order valence-electron chi connectivity index (χ1n) is 13.1. The van der Waals surface area contributed by atoms with Crippen molar-refractivity contribution in [3.63, 3.8) is 0 Å². The van der Waals surface area contributed by atoms with Crippen LogP contribution in [-0.4, -0.2) is 26.0 Å². The topological polar surface area (TPSA) is 76.7 Å². The Labute approximate surface area is 216 Å². The van der Waals surface area contributed by atoms with Gasteiger partial charge < -0.3 is 20.1 Å². The second-order valence-corrected chi connectivity index (χ2v) is 10.6. The lowest BCUT2D eigenvalue weighted by Crippen LogP contribution is -2.41. The number of carbonyl (C=O) groups is 2. The molecule has 0 saturated heterocycles. The van der Waals surface area contributed by atoms with Crippen LogP contribution in [0.25, 0.3) is 0 Å². The van der Waals surface area contributed by atoms with E-state index in [1.165, 1.54) is 0 Å². The highest BCUT2D eigenvalue weighted by molar-refractivity contribution is 5.81. The fourth-order valence-corrected chi connectivity index (χ4v) is 5.05. The van der Waals surface area contributed by atoms with Gasteiger partial charge in [0.15, 0.2) is 0 Å². The molecule has 2 aromatic rings. The van der Waals surface area contributed by atoms with E-state index in [0.717, 1.165) is 48.3 Å². The summed E-state index contributed by atoms with van der Waals surface area (Å²) in [7, 11) is 3.30. The predicted octanol–water partition coefficient (Wildman–Crippen LogP) is 5.84. The second-order valence-electron chi connectivity index (χ2n) is 10.6. The molecule has 2 N–H and O–H groups in total. The Bertz CT molecular complexity index is 896. The molecule has 3 rings (SSSR count). The van der Waals surface area contributed by atoms with Gasteiger partial charge in [0, 0.05) is 11.8 Å². The summed E-state index contributed by atoms with van der Waals surface area (Å²) >= 11 is 0. The molecule has 1 aliphatic carbocycles. The first-order chi connectivity index (χ1) is 17.2. The summed E-state index contributed by atoms with van der Waals surface area (Å²) in [6.45, 7) is 8.46. The third-order valence-corrected chi connectivity index (χ3v) is 7.35. The number of benzene rings is 2. The van der Waals surface area contributed by atoms with Crippen LogP contribution in [0.15, 0.2) is 48.5 Å². The molecule has 1 aliphatic rings. The van der Waals surface area contributed by atoms with Crippen molar-refractivity contribution >= 4 is 11.8 Å². The van der Waals surface area contributed by atoms with Crippen LogP contribution in [0.2, 0.25) is 0 Å². The highest BCUT2D eigenvalue weighted by Gasteiger charge is 2.32. The molecule has 196 valence electrons. The quantitative estimate of drug-likeness (QED) is 0.435. The SMILES string of the molecule is COc1ccc(C(NC(=O)C2CCC(C(=O)NC(c3ccc(OC)cc3)C(C)C)CC2)C(C)C)cc1. The third kappa shape index (κ3) is 7.02. The van der Waals surface area contributed by atoms with Crippen LogP contribution >= 0.6 is 0 Å². The molecule has 0 bridgehead atoms. The molecule has 2 aromatic carbocycles. The van der Waals surface area contributed by atoms with E-state index in [1.807, 2.05) is 48.5 Å². The van der Waals surface area contributed by atoms with Crippen LogP contribution < -0.4 is 20.1 Å². The molecule has 2 amide bonds. The number of ether oxygens (including phenoxy) is 2. The molecule has 6 heteroatoms. The van der Waals surface area contributed by atoms with E-state index in [0.29, 0.717) is 0 Å². The molecule has 2 unspecified atom stereocenters. The summed E-state index contributed by atoms with van der Waals surface area (Å²) in [5, 5.41) is 6.54. The van der Waals surface area contributed by atoms with Gasteiger partial charge in [-0.05, 0) is 72.9 Å².